The summed E-state index contributed by atoms with van der Waals surface area (Å²) >= 11 is 0. The largest absolute Gasteiger partial charge is 0.477 e. The number of rotatable bonds is 4. The minimum absolute atomic E-state index is 0.0570. The Morgan fingerprint density at radius 2 is 2.36 bits per heavy atom. The second kappa shape index (κ2) is 5.20. The first-order valence-corrected chi connectivity index (χ1v) is 4.38. The molecule has 4 heteroatoms. The minimum Gasteiger partial charge on any atom is -0.477 e. The predicted molar refractivity (Wildman–Crippen MR) is 52.8 cm³/mol. The lowest BCUT2D eigenvalue weighted by atomic mass is 10.3. The first kappa shape index (κ1) is 10.5. The zero-order valence-corrected chi connectivity index (χ0v) is 8.37. The van der Waals surface area contributed by atoms with Crippen LogP contribution in [0.2, 0.25) is 0 Å². The van der Waals surface area contributed by atoms with Gasteiger partial charge in [-0.05, 0) is 26.1 Å². The summed E-state index contributed by atoms with van der Waals surface area (Å²) in [6.45, 7) is 2.62. The Morgan fingerprint density at radius 3 is 3.00 bits per heavy atom. The van der Waals surface area contributed by atoms with E-state index in [0.717, 1.165) is 11.4 Å². The van der Waals surface area contributed by atoms with E-state index >= 15 is 0 Å². The van der Waals surface area contributed by atoms with Crippen LogP contribution in [0.25, 0.3) is 0 Å². The molecular weight excluding hydrogens is 178 g/mol. The van der Waals surface area contributed by atoms with Gasteiger partial charge in [0.1, 0.15) is 11.8 Å². The highest BCUT2D eigenvalue weighted by atomic mass is 16.5. The van der Waals surface area contributed by atoms with E-state index in [1.54, 1.807) is 0 Å². The van der Waals surface area contributed by atoms with Gasteiger partial charge in [-0.1, -0.05) is 0 Å². The van der Waals surface area contributed by atoms with Crippen molar-refractivity contribution in [1.29, 1.82) is 5.26 Å². The predicted octanol–water partition coefficient (Wildman–Crippen LogP) is 1.01. The van der Waals surface area contributed by atoms with Crippen molar-refractivity contribution in [2.45, 2.75) is 13.5 Å². The van der Waals surface area contributed by atoms with Crippen LogP contribution >= 0.6 is 0 Å². The maximum atomic E-state index is 8.39. The van der Waals surface area contributed by atoms with Crippen LogP contribution in [-0.2, 0) is 6.54 Å². The summed E-state index contributed by atoms with van der Waals surface area (Å²) in [4.78, 5) is 4.32. The van der Waals surface area contributed by atoms with Gasteiger partial charge in [-0.3, -0.25) is 4.98 Å². The number of aryl methyl sites for hydroxylation is 1. The molecule has 0 aliphatic rings. The molecule has 1 aromatic rings. The van der Waals surface area contributed by atoms with Gasteiger partial charge < -0.3 is 10.1 Å². The average Bonchev–Trinajstić information content (AvgIpc) is 2.17. The minimum atomic E-state index is 0.0570. The van der Waals surface area contributed by atoms with Crippen LogP contribution in [0.1, 0.15) is 11.4 Å². The first-order valence-electron chi connectivity index (χ1n) is 4.38. The Morgan fingerprint density at radius 1 is 1.57 bits per heavy atom. The normalized spacial score (nSPS) is 9.50. The summed E-state index contributed by atoms with van der Waals surface area (Å²) in [6, 6.07) is 5.64. The molecule has 4 nitrogen and oxygen atoms in total. The van der Waals surface area contributed by atoms with E-state index in [1.807, 2.05) is 32.2 Å². The van der Waals surface area contributed by atoms with Crippen molar-refractivity contribution in [2.24, 2.45) is 0 Å². The van der Waals surface area contributed by atoms with Crippen molar-refractivity contribution in [3.8, 4) is 11.8 Å². The van der Waals surface area contributed by atoms with E-state index in [0.29, 0.717) is 12.3 Å². The van der Waals surface area contributed by atoms with Crippen LogP contribution in [0, 0.1) is 18.3 Å². The van der Waals surface area contributed by atoms with Gasteiger partial charge >= 0.3 is 0 Å². The number of ether oxygens (including phenoxy) is 1. The van der Waals surface area contributed by atoms with Crippen LogP contribution < -0.4 is 10.1 Å². The number of hydrogen-bond donors (Lipinski definition) is 1. The van der Waals surface area contributed by atoms with Crippen molar-refractivity contribution in [3.05, 3.63) is 23.5 Å². The van der Waals surface area contributed by atoms with Gasteiger partial charge in [0.2, 0.25) is 0 Å². The third kappa shape index (κ3) is 2.71. The Kier molecular flexibility index (Phi) is 3.89. The Bertz CT molecular complexity index is 344. The highest BCUT2D eigenvalue weighted by Gasteiger charge is 2.04. The fourth-order valence-electron chi connectivity index (χ4n) is 1.13. The van der Waals surface area contributed by atoms with Crippen LogP contribution in [-0.4, -0.2) is 18.6 Å². The summed E-state index contributed by atoms with van der Waals surface area (Å²) in [6.07, 6.45) is 0. The summed E-state index contributed by atoms with van der Waals surface area (Å²) in [5.41, 5.74) is 1.78. The monoisotopic (exact) mass is 191 g/mol. The molecule has 0 spiro atoms. The molecule has 0 fully saturated rings. The molecule has 0 atom stereocenters. The average molecular weight is 191 g/mol. The molecule has 0 bridgehead atoms. The van der Waals surface area contributed by atoms with Gasteiger partial charge in [-0.25, -0.2) is 0 Å². The number of aromatic nitrogens is 1. The third-order valence-electron chi connectivity index (χ3n) is 1.71. The first-order chi connectivity index (χ1) is 6.77. The molecule has 1 N–H and O–H groups in total. The Labute approximate surface area is 83.5 Å². The van der Waals surface area contributed by atoms with E-state index < -0.39 is 0 Å². The third-order valence-corrected chi connectivity index (χ3v) is 1.71. The fourth-order valence-corrected chi connectivity index (χ4v) is 1.13. The molecule has 0 aliphatic heterocycles. The van der Waals surface area contributed by atoms with Crippen LogP contribution in [0.5, 0.6) is 5.75 Å². The molecule has 0 radical (unpaired) electrons. The SMILES string of the molecule is CNCc1nc(C)ccc1OCC#N. The van der Waals surface area contributed by atoms with E-state index in [9.17, 15) is 0 Å². The molecule has 0 aromatic carbocycles. The molecule has 14 heavy (non-hydrogen) atoms. The summed E-state index contributed by atoms with van der Waals surface area (Å²) < 4.78 is 5.23. The van der Waals surface area contributed by atoms with Gasteiger partial charge in [0.05, 0.1) is 5.69 Å². The maximum absolute atomic E-state index is 8.39. The lowest BCUT2D eigenvalue weighted by Crippen LogP contribution is -2.10. The van der Waals surface area contributed by atoms with Crippen molar-refractivity contribution in [3.63, 3.8) is 0 Å². The van der Waals surface area contributed by atoms with Gasteiger partial charge in [-0.2, -0.15) is 5.26 Å². The highest BCUT2D eigenvalue weighted by Crippen LogP contribution is 2.16. The quantitative estimate of drug-likeness (QED) is 0.771. The zero-order chi connectivity index (χ0) is 10.4. The molecular formula is C10H13N3O. The standard InChI is InChI=1S/C10H13N3O/c1-8-3-4-10(14-6-5-11)9(13-8)7-12-2/h3-4,12H,6-7H2,1-2H3. The van der Waals surface area contributed by atoms with Crippen molar-refractivity contribution in [2.75, 3.05) is 13.7 Å². The summed E-state index contributed by atoms with van der Waals surface area (Å²) in [5, 5.41) is 11.4. The second-order valence-electron chi connectivity index (χ2n) is 2.87. The van der Waals surface area contributed by atoms with E-state index in [4.69, 9.17) is 10.00 Å². The van der Waals surface area contributed by atoms with Gasteiger partial charge in [-0.15, -0.1) is 0 Å². The number of nitriles is 1. The second-order valence-corrected chi connectivity index (χ2v) is 2.87. The zero-order valence-electron chi connectivity index (χ0n) is 8.37. The van der Waals surface area contributed by atoms with Gasteiger partial charge in [0.15, 0.2) is 6.61 Å². The smallest absolute Gasteiger partial charge is 0.174 e. The molecule has 1 aromatic heterocycles. The number of hydrogen-bond acceptors (Lipinski definition) is 4. The molecule has 0 unspecified atom stereocenters. The molecule has 0 saturated carbocycles. The van der Waals surface area contributed by atoms with Crippen molar-refractivity contribution >= 4 is 0 Å². The Balaban J connectivity index is 2.85. The highest BCUT2D eigenvalue weighted by molar-refractivity contribution is 5.29. The number of pyridine rings is 1. The van der Waals surface area contributed by atoms with Crippen LogP contribution in [0.4, 0.5) is 0 Å². The van der Waals surface area contributed by atoms with Crippen molar-refractivity contribution in [1.82, 2.24) is 10.3 Å². The molecule has 74 valence electrons. The number of nitrogens with one attached hydrogen (secondary N) is 1. The molecule has 1 rings (SSSR count). The van der Waals surface area contributed by atoms with Gasteiger partial charge in [0, 0.05) is 12.2 Å². The molecule has 0 aliphatic carbocycles. The number of nitrogens with zero attached hydrogens (tertiary/aromatic N) is 2. The van der Waals surface area contributed by atoms with Gasteiger partial charge in [0.25, 0.3) is 0 Å². The fraction of sp³-hybridized carbons (Fsp3) is 0.400. The van der Waals surface area contributed by atoms with E-state index in [1.165, 1.54) is 0 Å². The van der Waals surface area contributed by atoms with Crippen LogP contribution in [0.15, 0.2) is 12.1 Å². The molecule has 0 saturated heterocycles. The van der Waals surface area contributed by atoms with Crippen LogP contribution in [0.3, 0.4) is 0 Å². The summed E-state index contributed by atoms with van der Waals surface area (Å²) in [5.74, 6) is 0.673. The van der Waals surface area contributed by atoms with E-state index in [2.05, 4.69) is 10.3 Å². The maximum Gasteiger partial charge on any atom is 0.174 e. The topological polar surface area (TPSA) is 57.9 Å². The lowest BCUT2D eigenvalue weighted by Gasteiger charge is -2.08. The van der Waals surface area contributed by atoms with Crippen molar-refractivity contribution < 1.29 is 4.74 Å². The molecule has 0 amide bonds. The van der Waals surface area contributed by atoms with E-state index in [-0.39, 0.29) is 6.61 Å². The summed E-state index contributed by atoms with van der Waals surface area (Å²) in [7, 11) is 1.85. The molecule has 1 heterocycles. The Hall–Kier alpha value is -1.60. The lowest BCUT2D eigenvalue weighted by molar-refractivity contribution is 0.360.